The van der Waals surface area contributed by atoms with Crippen LogP contribution in [-0.4, -0.2) is 24.3 Å². The van der Waals surface area contributed by atoms with Crippen molar-refractivity contribution in [3.63, 3.8) is 0 Å². The molecule has 4 nitrogen and oxygen atoms in total. The van der Waals surface area contributed by atoms with Crippen LogP contribution in [0.25, 0.3) is 0 Å². The highest BCUT2D eigenvalue weighted by Crippen LogP contribution is 2.28. The van der Waals surface area contributed by atoms with E-state index in [9.17, 15) is 4.79 Å². The molecular formula is C20H23N3O. The molecule has 0 saturated heterocycles. The fraction of sp³-hybridized carbons (Fsp3) is 0.300. The molecule has 2 atom stereocenters. The number of rotatable bonds is 4. The Morgan fingerprint density at radius 2 is 1.79 bits per heavy atom. The molecule has 1 aliphatic rings. The number of amides is 1. The average molecular weight is 321 g/mol. The lowest BCUT2D eigenvalue weighted by Crippen LogP contribution is -2.44. The summed E-state index contributed by atoms with van der Waals surface area (Å²) in [6, 6.07) is 17.8. The van der Waals surface area contributed by atoms with Gasteiger partial charge in [0.1, 0.15) is 0 Å². The predicted molar refractivity (Wildman–Crippen MR) is 98.3 cm³/mol. The molecule has 1 aliphatic heterocycles. The lowest BCUT2D eigenvalue weighted by Gasteiger charge is -2.26. The van der Waals surface area contributed by atoms with E-state index < -0.39 is 6.17 Å². The van der Waals surface area contributed by atoms with Crippen molar-refractivity contribution in [3.8, 4) is 0 Å². The standard InChI is InChI=1S/C20H23N3O/c1-3-14(2)13-23-17-12-8-7-11-16(17)18(22-19(21)20(23)24)15-9-5-4-6-10-15/h4-12,14,19H,3,13,21H2,1-2H3. The Balaban J connectivity index is 2.14. The Morgan fingerprint density at radius 1 is 1.12 bits per heavy atom. The van der Waals surface area contributed by atoms with Gasteiger partial charge in [-0.25, -0.2) is 0 Å². The molecule has 1 heterocycles. The van der Waals surface area contributed by atoms with Gasteiger partial charge in [-0.2, -0.15) is 0 Å². The summed E-state index contributed by atoms with van der Waals surface area (Å²) in [7, 11) is 0. The van der Waals surface area contributed by atoms with Crippen molar-refractivity contribution in [3.05, 3.63) is 65.7 Å². The van der Waals surface area contributed by atoms with Gasteiger partial charge in [-0.05, 0) is 12.0 Å². The van der Waals surface area contributed by atoms with Crippen molar-refractivity contribution < 1.29 is 4.79 Å². The van der Waals surface area contributed by atoms with Gasteiger partial charge in [0.05, 0.1) is 11.4 Å². The van der Waals surface area contributed by atoms with Crippen molar-refractivity contribution in [2.45, 2.75) is 26.4 Å². The second-order valence-electron chi connectivity index (χ2n) is 6.27. The zero-order chi connectivity index (χ0) is 17.1. The van der Waals surface area contributed by atoms with E-state index in [0.29, 0.717) is 12.5 Å². The summed E-state index contributed by atoms with van der Waals surface area (Å²) in [6.45, 7) is 4.92. The molecule has 124 valence electrons. The zero-order valence-electron chi connectivity index (χ0n) is 14.1. The van der Waals surface area contributed by atoms with E-state index in [0.717, 1.165) is 28.9 Å². The number of anilines is 1. The van der Waals surface area contributed by atoms with Gasteiger partial charge in [-0.3, -0.25) is 9.79 Å². The number of aliphatic imine (C=N–C) groups is 1. The van der Waals surface area contributed by atoms with E-state index in [2.05, 4.69) is 18.8 Å². The van der Waals surface area contributed by atoms with Crippen molar-refractivity contribution in [2.24, 2.45) is 16.6 Å². The summed E-state index contributed by atoms with van der Waals surface area (Å²) >= 11 is 0. The Morgan fingerprint density at radius 3 is 2.50 bits per heavy atom. The molecule has 2 N–H and O–H groups in total. The summed E-state index contributed by atoms with van der Waals surface area (Å²) in [5, 5.41) is 0. The van der Waals surface area contributed by atoms with Crippen LogP contribution in [0.3, 0.4) is 0 Å². The van der Waals surface area contributed by atoms with Crippen LogP contribution in [-0.2, 0) is 4.79 Å². The average Bonchev–Trinajstić information content (AvgIpc) is 2.73. The lowest BCUT2D eigenvalue weighted by molar-refractivity contribution is -0.119. The van der Waals surface area contributed by atoms with Crippen LogP contribution >= 0.6 is 0 Å². The Bertz CT molecular complexity index is 754. The number of fused-ring (bicyclic) bond motifs is 1. The number of nitrogens with two attached hydrogens (primary N) is 1. The minimum absolute atomic E-state index is 0.145. The molecule has 0 radical (unpaired) electrons. The number of benzodiazepines with no additional fused rings is 1. The van der Waals surface area contributed by atoms with E-state index in [4.69, 9.17) is 5.73 Å². The van der Waals surface area contributed by atoms with Gasteiger partial charge >= 0.3 is 0 Å². The minimum Gasteiger partial charge on any atom is -0.308 e. The molecular weight excluding hydrogens is 298 g/mol. The second kappa shape index (κ2) is 6.97. The number of carbonyl (C=O) groups excluding carboxylic acids is 1. The largest absolute Gasteiger partial charge is 0.308 e. The fourth-order valence-corrected chi connectivity index (χ4v) is 2.91. The topological polar surface area (TPSA) is 58.7 Å². The van der Waals surface area contributed by atoms with Crippen LogP contribution in [0, 0.1) is 5.92 Å². The first-order valence-corrected chi connectivity index (χ1v) is 8.41. The fourth-order valence-electron chi connectivity index (χ4n) is 2.91. The van der Waals surface area contributed by atoms with Gasteiger partial charge in [0, 0.05) is 17.7 Å². The van der Waals surface area contributed by atoms with Gasteiger partial charge < -0.3 is 10.6 Å². The first kappa shape index (κ1) is 16.4. The van der Waals surface area contributed by atoms with Gasteiger partial charge in [-0.1, -0.05) is 68.8 Å². The van der Waals surface area contributed by atoms with Gasteiger partial charge in [-0.15, -0.1) is 0 Å². The third-order valence-electron chi connectivity index (χ3n) is 4.48. The van der Waals surface area contributed by atoms with Crippen LogP contribution in [0.2, 0.25) is 0 Å². The van der Waals surface area contributed by atoms with Crippen molar-refractivity contribution in [2.75, 3.05) is 11.4 Å². The maximum absolute atomic E-state index is 12.8. The molecule has 2 aromatic rings. The molecule has 0 bridgehead atoms. The number of nitrogens with zero attached hydrogens (tertiary/aromatic N) is 2. The molecule has 2 aromatic carbocycles. The molecule has 2 unspecified atom stereocenters. The molecule has 3 rings (SSSR count). The van der Waals surface area contributed by atoms with Crippen LogP contribution in [0.4, 0.5) is 5.69 Å². The van der Waals surface area contributed by atoms with Gasteiger partial charge in [0.2, 0.25) is 0 Å². The molecule has 1 amide bonds. The van der Waals surface area contributed by atoms with Crippen molar-refractivity contribution in [1.82, 2.24) is 0 Å². The minimum atomic E-state index is -0.878. The van der Waals surface area contributed by atoms with E-state index in [1.807, 2.05) is 54.6 Å². The monoisotopic (exact) mass is 321 g/mol. The van der Waals surface area contributed by atoms with Gasteiger partial charge in [0.25, 0.3) is 5.91 Å². The Kier molecular flexibility index (Phi) is 4.76. The Hall–Kier alpha value is -2.46. The summed E-state index contributed by atoms with van der Waals surface area (Å²) in [4.78, 5) is 19.2. The second-order valence-corrected chi connectivity index (χ2v) is 6.27. The molecule has 4 heteroatoms. The maximum atomic E-state index is 12.8. The van der Waals surface area contributed by atoms with Crippen LogP contribution < -0.4 is 10.6 Å². The smallest absolute Gasteiger partial charge is 0.266 e. The Labute approximate surface area is 143 Å². The molecule has 0 saturated carbocycles. The quantitative estimate of drug-likeness (QED) is 0.940. The molecule has 0 aliphatic carbocycles. The molecule has 0 fully saturated rings. The highest BCUT2D eigenvalue weighted by molar-refractivity contribution is 6.20. The number of benzene rings is 2. The van der Waals surface area contributed by atoms with Gasteiger partial charge in [0.15, 0.2) is 6.17 Å². The van der Waals surface area contributed by atoms with Crippen LogP contribution in [0.15, 0.2) is 59.6 Å². The first-order valence-electron chi connectivity index (χ1n) is 8.41. The normalized spacial score (nSPS) is 18.6. The van der Waals surface area contributed by atoms with E-state index >= 15 is 0 Å². The number of hydrogen-bond donors (Lipinski definition) is 1. The number of carbonyl (C=O) groups is 1. The van der Waals surface area contributed by atoms with Crippen molar-refractivity contribution in [1.29, 1.82) is 0 Å². The molecule has 0 aromatic heterocycles. The highest BCUT2D eigenvalue weighted by atomic mass is 16.2. The third kappa shape index (κ3) is 3.10. The van der Waals surface area contributed by atoms with Crippen LogP contribution in [0.5, 0.6) is 0 Å². The third-order valence-corrected chi connectivity index (χ3v) is 4.48. The lowest BCUT2D eigenvalue weighted by atomic mass is 9.99. The summed E-state index contributed by atoms with van der Waals surface area (Å²) < 4.78 is 0. The highest BCUT2D eigenvalue weighted by Gasteiger charge is 2.30. The number of para-hydroxylation sites is 1. The summed E-state index contributed by atoms with van der Waals surface area (Å²) in [6.07, 6.45) is 0.129. The zero-order valence-corrected chi connectivity index (χ0v) is 14.1. The summed E-state index contributed by atoms with van der Waals surface area (Å²) in [5.41, 5.74) is 9.70. The van der Waals surface area contributed by atoms with Crippen LogP contribution in [0.1, 0.15) is 31.4 Å². The summed E-state index contributed by atoms with van der Waals surface area (Å²) in [5.74, 6) is 0.251. The van der Waals surface area contributed by atoms with E-state index in [1.54, 1.807) is 4.90 Å². The molecule has 0 spiro atoms. The van der Waals surface area contributed by atoms with Crippen molar-refractivity contribution >= 4 is 17.3 Å². The maximum Gasteiger partial charge on any atom is 0.266 e. The van der Waals surface area contributed by atoms with E-state index in [1.165, 1.54) is 0 Å². The predicted octanol–water partition coefficient (Wildman–Crippen LogP) is 3.20. The first-order chi connectivity index (χ1) is 11.6. The molecule has 24 heavy (non-hydrogen) atoms. The number of hydrogen-bond acceptors (Lipinski definition) is 3. The SMILES string of the molecule is CCC(C)CN1C(=O)C(N)N=C(c2ccccc2)c2ccccc21. The van der Waals surface area contributed by atoms with E-state index in [-0.39, 0.29) is 5.91 Å².